The van der Waals surface area contributed by atoms with Gasteiger partial charge in [-0.3, -0.25) is 0 Å². The van der Waals surface area contributed by atoms with E-state index in [2.05, 4.69) is 54.4 Å². The third-order valence-corrected chi connectivity index (χ3v) is 4.42. The molecule has 1 unspecified atom stereocenters. The van der Waals surface area contributed by atoms with Crippen LogP contribution < -0.4 is 5.32 Å². The number of unbranched alkanes of at least 4 members (excludes halogenated alkanes) is 2. The molecular weight excluding hydrogens is 256 g/mol. The Labute approximate surface area is 130 Å². The Bertz CT molecular complexity index is 374. The summed E-state index contributed by atoms with van der Waals surface area (Å²) in [4.78, 5) is 2.65. The first-order valence-corrected chi connectivity index (χ1v) is 8.73. The second kappa shape index (κ2) is 9.22. The van der Waals surface area contributed by atoms with Crippen molar-refractivity contribution in [2.75, 3.05) is 32.7 Å². The quantitative estimate of drug-likeness (QED) is 0.694. The molecule has 118 valence electrons. The van der Waals surface area contributed by atoms with Gasteiger partial charge < -0.3 is 10.2 Å². The van der Waals surface area contributed by atoms with Gasteiger partial charge in [0.05, 0.1) is 0 Å². The Hall–Kier alpha value is -0.860. The summed E-state index contributed by atoms with van der Waals surface area (Å²) >= 11 is 0. The summed E-state index contributed by atoms with van der Waals surface area (Å²) in [5, 5.41) is 3.53. The predicted octanol–water partition coefficient (Wildman–Crippen LogP) is 3.89. The lowest BCUT2D eigenvalue weighted by Gasteiger charge is -2.16. The van der Waals surface area contributed by atoms with E-state index < -0.39 is 0 Å². The molecule has 1 heterocycles. The lowest BCUT2D eigenvalue weighted by Crippen LogP contribution is -2.23. The molecular formula is C19H32N2. The minimum atomic E-state index is 0.763. The van der Waals surface area contributed by atoms with Crippen LogP contribution in [0.5, 0.6) is 0 Å². The van der Waals surface area contributed by atoms with E-state index in [4.69, 9.17) is 0 Å². The molecule has 2 nitrogen and oxygen atoms in total. The molecule has 0 bridgehead atoms. The molecule has 0 aromatic heterocycles. The van der Waals surface area contributed by atoms with Crippen molar-refractivity contribution in [3.8, 4) is 0 Å². The molecule has 1 fully saturated rings. The molecule has 0 saturated carbocycles. The zero-order valence-electron chi connectivity index (χ0n) is 13.9. The third kappa shape index (κ3) is 6.19. The highest BCUT2D eigenvalue weighted by atomic mass is 15.1. The molecule has 21 heavy (non-hydrogen) atoms. The second-order valence-corrected chi connectivity index (χ2v) is 6.86. The van der Waals surface area contributed by atoms with Crippen molar-refractivity contribution in [2.45, 2.75) is 45.4 Å². The van der Waals surface area contributed by atoms with Crippen LogP contribution in [-0.2, 0) is 0 Å². The van der Waals surface area contributed by atoms with Gasteiger partial charge in [0, 0.05) is 6.54 Å². The minimum absolute atomic E-state index is 0.763. The molecule has 1 aliphatic heterocycles. The number of nitrogens with one attached hydrogen (secondary N) is 1. The maximum Gasteiger partial charge on any atom is 0.00507 e. The summed E-state index contributed by atoms with van der Waals surface area (Å²) in [5.74, 6) is 1.53. The Morgan fingerprint density at radius 2 is 1.95 bits per heavy atom. The van der Waals surface area contributed by atoms with Crippen molar-refractivity contribution in [2.24, 2.45) is 5.92 Å². The van der Waals surface area contributed by atoms with Crippen molar-refractivity contribution in [1.82, 2.24) is 10.2 Å². The van der Waals surface area contributed by atoms with Gasteiger partial charge in [-0.1, -0.05) is 50.6 Å². The summed E-state index contributed by atoms with van der Waals surface area (Å²) in [6.07, 6.45) is 5.37. The average Bonchev–Trinajstić information content (AvgIpc) is 2.96. The fraction of sp³-hybridized carbons (Fsp3) is 0.684. The minimum Gasteiger partial charge on any atom is -0.316 e. The first kappa shape index (κ1) is 16.5. The van der Waals surface area contributed by atoms with Gasteiger partial charge in [-0.2, -0.15) is 0 Å². The number of hydrogen-bond acceptors (Lipinski definition) is 2. The van der Waals surface area contributed by atoms with Crippen molar-refractivity contribution < 1.29 is 0 Å². The third-order valence-electron chi connectivity index (χ3n) is 4.42. The fourth-order valence-corrected chi connectivity index (χ4v) is 3.19. The zero-order chi connectivity index (χ0) is 14.9. The van der Waals surface area contributed by atoms with E-state index >= 15 is 0 Å². The highest BCUT2D eigenvalue weighted by Gasteiger charge is 2.22. The number of hydrogen-bond donors (Lipinski definition) is 1. The van der Waals surface area contributed by atoms with Crippen LogP contribution in [0, 0.1) is 5.92 Å². The van der Waals surface area contributed by atoms with Crippen LogP contribution in [0.4, 0.5) is 0 Å². The first-order chi connectivity index (χ1) is 10.3. The molecule has 1 aromatic carbocycles. The molecule has 1 aliphatic rings. The Morgan fingerprint density at radius 3 is 2.71 bits per heavy atom. The van der Waals surface area contributed by atoms with Gasteiger partial charge in [0.25, 0.3) is 0 Å². The van der Waals surface area contributed by atoms with Gasteiger partial charge >= 0.3 is 0 Å². The zero-order valence-corrected chi connectivity index (χ0v) is 13.9. The van der Waals surface area contributed by atoms with Crippen LogP contribution in [0.1, 0.15) is 51.0 Å². The summed E-state index contributed by atoms with van der Waals surface area (Å²) in [6.45, 7) is 10.7. The highest BCUT2D eigenvalue weighted by molar-refractivity contribution is 5.20. The molecule has 2 rings (SSSR count). The van der Waals surface area contributed by atoms with Crippen molar-refractivity contribution in [3.05, 3.63) is 35.9 Å². The van der Waals surface area contributed by atoms with Gasteiger partial charge in [-0.15, -0.1) is 0 Å². The van der Waals surface area contributed by atoms with Crippen LogP contribution in [0.15, 0.2) is 30.3 Å². The smallest absolute Gasteiger partial charge is 0.00507 e. The molecule has 2 heteroatoms. The molecule has 0 aliphatic carbocycles. The van der Waals surface area contributed by atoms with Crippen LogP contribution >= 0.6 is 0 Å². The highest BCUT2D eigenvalue weighted by Crippen LogP contribution is 2.26. The van der Waals surface area contributed by atoms with Crippen LogP contribution in [0.3, 0.4) is 0 Å². The van der Waals surface area contributed by atoms with E-state index in [1.54, 1.807) is 0 Å². The first-order valence-electron chi connectivity index (χ1n) is 8.73. The van der Waals surface area contributed by atoms with Gasteiger partial charge in [0.15, 0.2) is 0 Å². The average molecular weight is 288 g/mol. The molecule has 1 N–H and O–H groups in total. The molecule has 1 aromatic rings. The van der Waals surface area contributed by atoms with Crippen molar-refractivity contribution >= 4 is 0 Å². The van der Waals surface area contributed by atoms with Crippen LogP contribution in [0.2, 0.25) is 0 Å². The van der Waals surface area contributed by atoms with Gasteiger partial charge in [-0.05, 0) is 62.8 Å². The lowest BCUT2D eigenvalue weighted by atomic mass is 9.99. The Kier molecular flexibility index (Phi) is 7.25. The monoisotopic (exact) mass is 288 g/mol. The molecule has 0 radical (unpaired) electrons. The van der Waals surface area contributed by atoms with Crippen LogP contribution in [0.25, 0.3) is 0 Å². The van der Waals surface area contributed by atoms with E-state index in [0.29, 0.717) is 0 Å². The summed E-state index contributed by atoms with van der Waals surface area (Å²) in [7, 11) is 0. The SMILES string of the molecule is CC(C)CNCCCCCN1CCC(c2ccccc2)C1. The van der Waals surface area contributed by atoms with Crippen molar-refractivity contribution in [3.63, 3.8) is 0 Å². The number of nitrogens with zero attached hydrogens (tertiary/aromatic N) is 1. The second-order valence-electron chi connectivity index (χ2n) is 6.86. The maximum absolute atomic E-state index is 3.53. The van der Waals surface area contributed by atoms with E-state index in [1.807, 2.05) is 0 Å². The summed E-state index contributed by atoms with van der Waals surface area (Å²) < 4.78 is 0. The standard InChI is InChI=1S/C19H32N2/c1-17(2)15-20-12-7-4-8-13-21-14-11-19(16-21)18-9-5-3-6-10-18/h3,5-6,9-10,17,19-20H,4,7-8,11-16H2,1-2H3. The van der Waals surface area contributed by atoms with E-state index in [1.165, 1.54) is 57.4 Å². The molecule has 1 saturated heterocycles. The summed E-state index contributed by atoms with van der Waals surface area (Å²) in [5.41, 5.74) is 1.53. The van der Waals surface area contributed by atoms with E-state index in [0.717, 1.165) is 18.4 Å². The molecule has 1 atom stereocenters. The fourth-order valence-electron chi connectivity index (χ4n) is 3.19. The van der Waals surface area contributed by atoms with Gasteiger partial charge in [0.2, 0.25) is 0 Å². The predicted molar refractivity (Wildman–Crippen MR) is 91.8 cm³/mol. The topological polar surface area (TPSA) is 15.3 Å². The number of rotatable bonds is 9. The normalized spacial score (nSPS) is 19.5. The Balaban J connectivity index is 1.53. The maximum atomic E-state index is 3.53. The lowest BCUT2D eigenvalue weighted by molar-refractivity contribution is 0.324. The molecule has 0 spiro atoms. The van der Waals surface area contributed by atoms with E-state index in [9.17, 15) is 0 Å². The van der Waals surface area contributed by atoms with E-state index in [-0.39, 0.29) is 0 Å². The largest absolute Gasteiger partial charge is 0.316 e. The summed E-state index contributed by atoms with van der Waals surface area (Å²) in [6, 6.07) is 11.0. The number of likely N-dealkylation sites (tertiary alicyclic amines) is 1. The van der Waals surface area contributed by atoms with Crippen molar-refractivity contribution in [1.29, 1.82) is 0 Å². The van der Waals surface area contributed by atoms with Crippen LogP contribution in [-0.4, -0.2) is 37.6 Å². The Morgan fingerprint density at radius 1 is 1.14 bits per heavy atom. The number of benzene rings is 1. The van der Waals surface area contributed by atoms with Gasteiger partial charge in [-0.25, -0.2) is 0 Å². The molecule has 0 amide bonds. The van der Waals surface area contributed by atoms with Gasteiger partial charge in [0.1, 0.15) is 0 Å².